The van der Waals surface area contributed by atoms with Crippen LogP contribution in [0.3, 0.4) is 0 Å². The molecular formula is C23H19F6N3O2S. The van der Waals surface area contributed by atoms with Gasteiger partial charge in [-0.2, -0.15) is 26.3 Å². The van der Waals surface area contributed by atoms with Crippen LogP contribution in [0.4, 0.5) is 37.2 Å². The average Bonchev–Trinajstić information content (AvgIpc) is 3.14. The predicted molar refractivity (Wildman–Crippen MR) is 120 cm³/mol. The standard InChI is InChI=1S/C23H19F6N3O2S/c1-21(2,3)19-18(10-14-7-15(22(24,25)26)11-16(8-14)23(27,28)29)35-20(31-19)30-12-13-5-4-6-17(9-13)32(33)34/h4-9,11-12H,10H2,1-3H3. The zero-order valence-corrected chi connectivity index (χ0v) is 19.5. The molecule has 0 aliphatic carbocycles. The fourth-order valence-electron chi connectivity index (χ4n) is 3.26. The average molecular weight is 515 g/mol. The largest absolute Gasteiger partial charge is 0.416 e. The molecule has 0 saturated carbocycles. The molecule has 0 fully saturated rings. The van der Waals surface area contributed by atoms with Gasteiger partial charge >= 0.3 is 12.4 Å². The van der Waals surface area contributed by atoms with E-state index in [1.807, 2.05) is 20.8 Å². The molecule has 1 heterocycles. The van der Waals surface area contributed by atoms with Crippen LogP contribution in [-0.4, -0.2) is 16.1 Å². The Balaban J connectivity index is 2.01. The van der Waals surface area contributed by atoms with E-state index in [1.54, 1.807) is 6.07 Å². The number of halogens is 6. The summed E-state index contributed by atoms with van der Waals surface area (Å²) in [5.74, 6) is 0. The van der Waals surface area contributed by atoms with Gasteiger partial charge in [0.1, 0.15) is 0 Å². The number of alkyl halides is 6. The van der Waals surface area contributed by atoms with E-state index < -0.39 is 33.8 Å². The molecule has 0 unspecified atom stereocenters. The van der Waals surface area contributed by atoms with E-state index >= 15 is 0 Å². The van der Waals surface area contributed by atoms with Gasteiger partial charge < -0.3 is 0 Å². The van der Waals surface area contributed by atoms with Gasteiger partial charge in [-0.25, -0.2) is 9.98 Å². The van der Waals surface area contributed by atoms with Gasteiger partial charge in [0, 0.05) is 35.1 Å². The second-order valence-electron chi connectivity index (χ2n) is 8.72. The minimum absolute atomic E-state index is 0.0929. The number of nitrogens with zero attached hydrogens (tertiary/aromatic N) is 3. The molecule has 186 valence electrons. The van der Waals surface area contributed by atoms with Crippen molar-refractivity contribution in [3.63, 3.8) is 0 Å². The van der Waals surface area contributed by atoms with E-state index in [9.17, 15) is 36.5 Å². The predicted octanol–water partition coefficient (Wildman–Crippen LogP) is 7.73. The number of rotatable bonds is 5. The van der Waals surface area contributed by atoms with E-state index in [-0.39, 0.29) is 28.9 Å². The molecule has 1 aromatic heterocycles. The van der Waals surface area contributed by atoms with Crippen molar-refractivity contribution in [3.8, 4) is 0 Å². The number of nitro benzene ring substituents is 1. The van der Waals surface area contributed by atoms with E-state index in [0.717, 1.165) is 11.3 Å². The number of hydrogen-bond donors (Lipinski definition) is 0. The molecule has 0 atom stereocenters. The number of aromatic nitrogens is 1. The number of nitro groups is 1. The summed E-state index contributed by atoms with van der Waals surface area (Å²) in [4.78, 5) is 19.5. The Morgan fingerprint density at radius 2 is 1.60 bits per heavy atom. The Morgan fingerprint density at radius 1 is 1.00 bits per heavy atom. The highest BCUT2D eigenvalue weighted by Gasteiger charge is 2.37. The normalized spacial score (nSPS) is 12.9. The molecule has 0 radical (unpaired) electrons. The van der Waals surface area contributed by atoms with Gasteiger partial charge in [0.25, 0.3) is 5.69 Å². The van der Waals surface area contributed by atoms with Gasteiger partial charge in [-0.05, 0) is 29.3 Å². The van der Waals surface area contributed by atoms with Gasteiger partial charge in [0.15, 0.2) is 0 Å². The van der Waals surface area contributed by atoms with Crippen LogP contribution < -0.4 is 0 Å². The molecule has 5 nitrogen and oxygen atoms in total. The molecule has 0 amide bonds. The zero-order valence-electron chi connectivity index (χ0n) is 18.7. The number of thiazole rings is 1. The van der Waals surface area contributed by atoms with Crippen LogP contribution >= 0.6 is 11.3 Å². The Bertz CT molecular complexity index is 1240. The summed E-state index contributed by atoms with van der Waals surface area (Å²) in [6.07, 6.45) is -8.73. The van der Waals surface area contributed by atoms with Crippen molar-refractivity contribution in [1.82, 2.24) is 4.98 Å². The lowest BCUT2D eigenvalue weighted by Gasteiger charge is -2.18. The highest BCUT2D eigenvalue weighted by atomic mass is 32.1. The SMILES string of the molecule is CC(C)(C)c1nc(N=Cc2cccc([N+](=O)[O-])c2)sc1Cc1cc(C(F)(F)F)cc(C(F)(F)F)c1. The van der Waals surface area contributed by atoms with Crippen molar-refractivity contribution in [2.45, 2.75) is 45.0 Å². The molecule has 0 aliphatic rings. The van der Waals surface area contributed by atoms with E-state index in [1.165, 1.54) is 24.4 Å². The van der Waals surface area contributed by atoms with Crippen molar-refractivity contribution in [3.05, 3.63) is 85.4 Å². The third-order valence-corrected chi connectivity index (χ3v) is 5.78. The van der Waals surface area contributed by atoms with Gasteiger partial charge in [0.05, 0.1) is 21.7 Å². The quantitative estimate of drug-likeness (QED) is 0.151. The second kappa shape index (κ2) is 9.40. The third-order valence-electron chi connectivity index (χ3n) is 4.81. The van der Waals surface area contributed by atoms with Gasteiger partial charge in [-0.1, -0.05) is 44.2 Å². The molecule has 0 spiro atoms. The molecule has 35 heavy (non-hydrogen) atoms. The first-order chi connectivity index (χ1) is 16.0. The molecule has 12 heteroatoms. The van der Waals surface area contributed by atoms with Crippen LogP contribution in [0.2, 0.25) is 0 Å². The first-order valence-corrected chi connectivity index (χ1v) is 10.9. The minimum atomic E-state index is -4.94. The number of non-ortho nitro benzene ring substituents is 1. The van der Waals surface area contributed by atoms with E-state index in [0.29, 0.717) is 28.3 Å². The highest BCUT2D eigenvalue weighted by Crippen LogP contribution is 2.39. The van der Waals surface area contributed by atoms with Gasteiger partial charge in [-0.15, -0.1) is 0 Å². The Labute approximate surface area is 200 Å². The molecule has 0 bridgehead atoms. The summed E-state index contributed by atoms with van der Waals surface area (Å²) in [5, 5.41) is 11.2. The molecule has 3 rings (SSSR count). The molecule has 0 N–H and O–H groups in total. The summed E-state index contributed by atoms with van der Waals surface area (Å²) in [5.41, 5.74) is -2.70. The molecule has 2 aromatic carbocycles. The lowest BCUT2D eigenvalue weighted by atomic mass is 9.90. The fourth-order valence-corrected chi connectivity index (χ4v) is 4.41. The van der Waals surface area contributed by atoms with E-state index in [2.05, 4.69) is 9.98 Å². The van der Waals surface area contributed by atoms with Crippen molar-refractivity contribution in [2.75, 3.05) is 0 Å². The van der Waals surface area contributed by atoms with Crippen molar-refractivity contribution in [2.24, 2.45) is 4.99 Å². The van der Waals surface area contributed by atoms with Gasteiger partial charge in [-0.3, -0.25) is 10.1 Å². The first-order valence-electron chi connectivity index (χ1n) is 10.1. The monoisotopic (exact) mass is 515 g/mol. The maximum atomic E-state index is 13.2. The van der Waals surface area contributed by atoms with Gasteiger partial charge in [0.2, 0.25) is 5.13 Å². The first kappa shape index (κ1) is 26.3. The summed E-state index contributed by atoms with van der Waals surface area (Å²) in [6.45, 7) is 5.44. The molecule has 3 aromatic rings. The highest BCUT2D eigenvalue weighted by molar-refractivity contribution is 7.15. The van der Waals surface area contributed by atoms with E-state index in [4.69, 9.17) is 0 Å². The molecule has 0 saturated heterocycles. The third kappa shape index (κ3) is 6.65. The maximum absolute atomic E-state index is 13.2. The van der Waals surface area contributed by atoms with Crippen LogP contribution in [0.15, 0.2) is 47.5 Å². The summed E-state index contributed by atoms with van der Waals surface area (Å²) >= 11 is 1.03. The topological polar surface area (TPSA) is 68.4 Å². The smallest absolute Gasteiger partial charge is 0.258 e. The van der Waals surface area contributed by atoms with Crippen LogP contribution in [0.1, 0.15) is 53.6 Å². The Morgan fingerprint density at radius 3 is 2.11 bits per heavy atom. The minimum Gasteiger partial charge on any atom is -0.258 e. The number of hydrogen-bond acceptors (Lipinski definition) is 5. The Kier molecular flexibility index (Phi) is 7.07. The van der Waals surface area contributed by atoms with Crippen LogP contribution in [0.25, 0.3) is 0 Å². The summed E-state index contributed by atoms with van der Waals surface area (Å²) in [7, 11) is 0. The number of aliphatic imine (C=N–C) groups is 1. The molecule has 0 aliphatic heterocycles. The van der Waals surface area contributed by atoms with Crippen LogP contribution in [0, 0.1) is 10.1 Å². The lowest BCUT2D eigenvalue weighted by molar-refractivity contribution is -0.384. The van der Waals surface area contributed by atoms with Crippen LogP contribution in [-0.2, 0) is 24.2 Å². The second-order valence-corrected chi connectivity index (χ2v) is 9.78. The Hall–Kier alpha value is -3.28. The van der Waals surface area contributed by atoms with Crippen molar-refractivity contribution >= 4 is 28.4 Å². The number of benzene rings is 2. The fraction of sp³-hybridized carbons (Fsp3) is 0.304. The summed E-state index contributed by atoms with van der Waals surface area (Å²) < 4.78 is 79.5. The maximum Gasteiger partial charge on any atom is 0.416 e. The van der Waals surface area contributed by atoms with Crippen LogP contribution in [0.5, 0.6) is 0 Å². The lowest BCUT2D eigenvalue weighted by Crippen LogP contribution is -2.15. The van der Waals surface area contributed by atoms with Crippen molar-refractivity contribution in [1.29, 1.82) is 0 Å². The van der Waals surface area contributed by atoms with Crippen molar-refractivity contribution < 1.29 is 31.3 Å². The summed E-state index contributed by atoms with van der Waals surface area (Å²) in [6, 6.07) is 7.21. The zero-order chi connectivity index (χ0) is 26.2. The molecular weight excluding hydrogens is 496 g/mol.